The number of non-ortho nitro benzene ring substituents is 1. The molecule has 8 heteroatoms. The number of nitro benzene ring substituents is 1. The zero-order valence-electron chi connectivity index (χ0n) is 11.4. The van der Waals surface area contributed by atoms with Gasteiger partial charge in [0.05, 0.1) is 27.1 Å². The lowest BCUT2D eigenvalue weighted by Gasteiger charge is -2.08. The number of hydrogen-bond donors (Lipinski definition) is 0. The molecule has 0 unspecified atom stereocenters. The van der Waals surface area contributed by atoms with E-state index in [2.05, 4.69) is 0 Å². The third-order valence-corrected chi connectivity index (χ3v) is 3.35. The number of esters is 1. The van der Waals surface area contributed by atoms with Crippen LogP contribution < -0.4 is 0 Å². The average Bonchev–Trinajstić information content (AvgIpc) is 2.44. The van der Waals surface area contributed by atoms with Gasteiger partial charge in [0.15, 0.2) is 0 Å². The van der Waals surface area contributed by atoms with E-state index in [9.17, 15) is 14.9 Å². The fraction of sp³-hybridized carbons (Fsp3) is 0.462. The Morgan fingerprint density at radius 2 is 2.00 bits per heavy atom. The van der Waals surface area contributed by atoms with Crippen LogP contribution in [0.15, 0.2) is 12.1 Å². The van der Waals surface area contributed by atoms with E-state index in [0.29, 0.717) is 6.61 Å². The van der Waals surface area contributed by atoms with Gasteiger partial charge in [0.1, 0.15) is 6.61 Å². The Hall–Kier alpha value is -1.37. The topological polar surface area (TPSA) is 78.7 Å². The van der Waals surface area contributed by atoms with Crippen molar-refractivity contribution < 1.29 is 19.2 Å². The molecule has 0 amide bonds. The number of halogens is 2. The minimum absolute atomic E-state index is 0.0409. The Balaban J connectivity index is 2.63. The molecule has 1 aromatic rings. The van der Waals surface area contributed by atoms with E-state index in [1.165, 1.54) is 0 Å². The van der Waals surface area contributed by atoms with Crippen LogP contribution in [-0.2, 0) is 9.47 Å². The molecule has 0 heterocycles. The Bertz CT molecular complexity index is 522. The van der Waals surface area contributed by atoms with Crippen LogP contribution in [0.1, 0.15) is 30.1 Å². The van der Waals surface area contributed by atoms with Gasteiger partial charge < -0.3 is 9.47 Å². The van der Waals surface area contributed by atoms with Gasteiger partial charge in [-0.05, 0) is 6.42 Å². The molecule has 0 saturated carbocycles. The average molecular weight is 336 g/mol. The van der Waals surface area contributed by atoms with Gasteiger partial charge in [-0.25, -0.2) is 4.79 Å². The Labute approximate surface area is 132 Å². The number of unbranched alkanes of at least 4 members (excludes halogenated alkanes) is 1. The molecule has 21 heavy (non-hydrogen) atoms. The number of nitro groups is 1. The summed E-state index contributed by atoms with van der Waals surface area (Å²) in [6.45, 7) is 2.93. The zero-order chi connectivity index (χ0) is 15.8. The highest BCUT2D eigenvalue weighted by Crippen LogP contribution is 2.31. The van der Waals surface area contributed by atoms with Gasteiger partial charge in [-0.1, -0.05) is 36.5 Å². The van der Waals surface area contributed by atoms with Crippen molar-refractivity contribution in [1.82, 2.24) is 0 Å². The predicted molar refractivity (Wildman–Crippen MR) is 79.1 cm³/mol. The van der Waals surface area contributed by atoms with Crippen LogP contribution in [0.25, 0.3) is 0 Å². The van der Waals surface area contributed by atoms with Crippen molar-refractivity contribution in [1.29, 1.82) is 0 Å². The fourth-order valence-electron chi connectivity index (χ4n) is 1.45. The van der Waals surface area contributed by atoms with Crippen LogP contribution in [0.2, 0.25) is 10.0 Å². The molecular weight excluding hydrogens is 321 g/mol. The third kappa shape index (κ3) is 5.49. The first-order valence-corrected chi connectivity index (χ1v) is 7.11. The van der Waals surface area contributed by atoms with Crippen LogP contribution in [0.3, 0.4) is 0 Å². The van der Waals surface area contributed by atoms with Crippen LogP contribution in [-0.4, -0.2) is 30.7 Å². The first-order chi connectivity index (χ1) is 9.97. The molecule has 0 saturated heterocycles. The van der Waals surface area contributed by atoms with Crippen molar-refractivity contribution in [3.05, 3.63) is 37.9 Å². The van der Waals surface area contributed by atoms with Crippen LogP contribution in [0.4, 0.5) is 5.69 Å². The molecule has 0 spiro atoms. The van der Waals surface area contributed by atoms with E-state index in [-0.39, 0.29) is 34.5 Å². The maximum Gasteiger partial charge on any atom is 0.340 e. The zero-order valence-corrected chi connectivity index (χ0v) is 12.9. The molecule has 0 N–H and O–H groups in total. The Kier molecular flexibility index (Phi) is 7.42. The molecule has 0 aliphatic heterocycles. The van der Waals surface area contributed by atoms with Crippen molar-refractivity contribution in [2.75, 3.05) is 19.8 Å². The lowest BCUT2D eigenvalue weighted by atomic mass is 10.2. The minimum atomic E-state index is -0.773. The Morgan fingerprint density at radius 3 is 2.62 bits per heavy atom. The van der Waals surface area contributed by atoms with Crippen molar-refractivity contribution in [2.24, 2.45) is 0 Å². The molecule has 0 aliphatic rings. The SMILES string of the molecule is CCCCOCCOC(=O)c1cc([N+](=O)[O-])cc(Cl)c1Cl. The summed E-state index contributed by atoms with van der Waals surface area (Å²) in [5.74, 6) is -0.773. The smallest absolute Gasteiger partial charge is 0.340 e. The number of ether oxygens (including phenoxy) is 2. The van der Waals surface area contributed by atoms with E-state index in [4.69, 9.17) is 32.7 Å². The van der Waals surface area contributed by atoms with Gasteiger partial charge in [-0.3, -0.25) is 10.1 Å². The van der Waals surface area contributed by atoms with E-state index in [0.717, 1.165) is 25.0 Å². The second kappa shape index (κ2) is 8.81. The van der Waals surface area contributed by atoms with Gasteiger partial charge in [0, 0.05) is 18.7 Å². The Morgan fingerprint density at radius 1 is 1.29 bits per heavy atom. The first kappa shape index (κ1) is 17.7. The highest BCUT2D eigenvalue weighted by Gasteiger charge is 2.20. The highest BCUT2D eigenvalue weighted by atomic mass is 35.5. The molecule has 0 aromatic heterocycles. The summed E-state index contributed by atoms with van der Waals surface area (Å²) in [6, 6.07) is 2.11. The molecule has 116 valence electrons. The second-order valence-electron chi connectivity index (χ2n) is 4.15. The maximum atomic E-state index is 11.8. The predicted octanol–water partition coefficient (Wildman–Crippen LogP) is 3.88. The number of carbonyl (C=O) groups is 1. The quantitative estimate of drug-likeness (QED) is 0.312. The van der Waals surface area contributed by atoms with Crippen molar-refractivity contribution in [3.8, 4) is 0 Å². The number of hydrogen-bond acceptors (Lipinski definition) is 5. The monoisotopic (exact) mass is 335 g/mol. The van der Waals surface area contributed by atoms with Crippen molar-refractivity contribution in [2.45, 2.75) is 19.8 Å². The van der Waals surface area contributed by atoms with E-state index in [1.54, 1.807) is 0 Å². The van der Waals surface area contributed by atoms with Crippen molar-refractivity contribution in [3.63, 3.8) is 0 Å². The standard InChI is InChI=1S/C13H15Cl2NO5/c1-2-3-4-20-5-6-21-13(17)10-7-9(16(18)19)8-11(14)12(10)15/h7-8H,2-6H2,1H3. The molecule has 1 aromatic carbocycles. The lowest BCUT2D eigenvalue weighted by Crippen LogP contribution is -2.12. The largest absolute Gasteiger partial charge is 0.460 e. The molecule has 0 radical (unpaired) electrons. The molecule has 0 aliphatic carbocycles. The van der Waals surface area contributed by atoms with Crippen LogP contribution in [0, 0.1) is 10.1 Å². The van der Waals surface area contributed by atoms with Gasteiger partial charge in [-0.2, -0.15) is 0 Å². The summed E-state index contributed by atoms with van der Waals surface area (Å²) in [4.78, 5) is 21.9. The molecular formula is C13H15Cl2NO5. The molecule has 0 bridgehead atoms. The molecule has 1 rings (SSSR count). The van der Waals surface area contributed by atoms with Gasteiger partial charge in [-0.15, -0.1) is 0 Å². The van der Waals surface area contributed by atoms with Gasteiger partial charge in [0.25, 0.3) is 5.69 Å². The first-order valence-electron chi connectivity index (χ1n) is 6.35. The molecule has 0 fully saturated rings. The summed E-state index contributed by atoms with van der Waals surface area (Å²) in [7, 11) is 0. The summed E-state index contributed by atoms with van der Waals surface area (Å²) in [6.07, 6.45) is 1.95. The number of benzene rings is 1. The minimum Gasteiger partial charge on any atom is -0.460 e. The van der Waals surface area contributed by atoms with Gasteiger partial charge in [0.2, 0.25) is 0 Å². The van der Waals surface area contributed by atoms with Crippen molar-refractivity contribution >= 4 is 34.9 Å². The number of rotatable bonds is 8. The van der Waals surface area contributed by atoms with Crippen LogP contribution in [0.5, 0.6) is 0 Å². The van der Waals surface area contributed by atoms with E-state index in [1.807, 2.05) is 6.92 Å². The van der Waals surface area contributed by atoms with Gasteiger partial charge >= 0.3 is 5.97 Å². The highest BCUT2D eigenvalue weighted by molar-refractivity contribution is 6.43. The summed E-state index contributed by atoms with van der Waals surface area (Å²) < 4.78 is 10.2. The molecule has 6 nitrogen and oxygen atoms in total. The normalized spacial score (nSPS) is 10.4. The third-order valence-electron chi connectivity index (χ3n) is 2.55. The maximum absolute atomic E-state index is 11.8. The number of nitrogens with zero attached hydrogens (tertiary/aromatic N) is 1. The summed E-state index contributed by atoms with van der Waals surface area (Å²) in [5.41, 5.74) is -0.458. The lowest BCUT2D eigenvalue weighted by molar-refractivity contribution is -0.384. The molecule has 0 atom stereocenters. The van der Waals surface area contributed by atoms with E-state index < -0.39 is 10.9 Å². The fourth-order valence-corrected chi connectivity index (χ4v) is 1.85. The van der Waals surface area contributed by atoms with E-state index >= 15 is 0 Å². The van der Waals surface area contributed by atoms with Crippen LogP contribution >= 0.6 is 23.2 Å². The summed E-state index contributed by atoms with van der Waals surface area (Å²) >= 11 is 11.6. The second-order valence-corrected chi connectivity index (χ2v) is 4.93. The number of carbonyl (C=O) groups excluding carboxylic acids is 1. The summed E-state index contributed by atoms with van der Waals surface area (Å²) in [5, 5.41) is 10.6.